The van der Waals surface area contributed by atoms with Crippen molar-refractivity contribution in [2.45, 2.75) is 13.0 Å². The van der Waals surface area contributed by atoms with Gasteiger partial charge >= 0.3 is 0 Å². The summed E-state index contributed by atoms with van der Waals surface area (Å²) in [5.74, 6) is 0.497. The van der Waals surface area contributed by atoms with Gasteiger partial charge in [-0.25, -0.2) is 0 Å². The van der Waals surface area contributed by atoms with E-state index < -0.39 is 6.04 Å². The normalized spacial score (nSPS) is 16.4. The molecule has 1 heterocycles. The maximum atomic E-state index is 13.1. The first-order valence-corrected chi connectivity index (χ1v) is 9.60. The topological polar surface area (TPSA) is 82.6 Å². The van der Waals surface area contributed by atoms with Crippen LogP contribution in [0, 0.1) is 3.57 Å². The molecule has 2 aromatic carbocycles. The van der Waals surface area contributed by atoms with E-state index >= 15 is 0 Å². The lowest BCUT2D eigenvalue weighted by Gasteiger charge is -2.30. The molecule has 1 aliphatic rings. The summed E-state index contributed by atoms with van der Waals surface area (Å²) in [6.45, 7) is 1.81. The highest BCUT2D eigenvalue weighted by atomic mass is 127. The molecule has 0 aliphatic carbocycles. The van der Waals surface area contributed by atoms with Crippen molar-refractivity contribution in [2.24, 2.45) is 0 Å². The molecule has 27 heavy (non-hydrogen) atoms. The number of thiocarbonyl (C=S) groups is 1. The molecule has 0 unspecified atom stereocenters. The van der Waals surface area contributed by atoms with Crippen LogP contribution in [0.4, 0.5) is 5.69 Å². The van der Waals surface area contributed by atoms with Gasteiger partial charge in [-0.05, 0) is 71.6 Å². The van der Waals surface area contributed by atoms with E-state index in [-0.39, 0.29) is 11.7 Å². The molecule has 2 aromatic rings. The van der Waals surface area contributed by atoms with Crippen LogP contribution in [0.25, 0.3) is 0 Å². The number of phenolic OH excluding ortho intramolecular Hbond substituents is 1. The number of halogens is 1. The Balaban J connectivity index is 1.98. The monoisotopic (exact) mass is 495 g/mol. The fourth-order valence-electron chi connectivity index (χ4n) is 2.89. The Kier molecular flexibility index (Phi) is 5.85. The van der Waals surface area contributed by atoms with E-state index in [1.807, 2.05) is 47.7 Å². The van der Waals surface area contributed by atoms with E-state index in [1.165, 1.54) is 0 Å². The van der Waals surface area contributed by atoms with E-state index in [0.29, 0.717) is 31.4 Å². The minimum Gasteiger partial charge on any atom is -0.507 e. The van der Waals surface area contributed by atoms with Crippen molar-refractivity contribution in [3.63, 3.8) is 0 Å². The van der Waals surface area contributed by atoms with Crippen LogP contribution >= 0.6 is 34.8 Å². The number of anilines is 1. The van der Waals surface area contributed by atoms with Gasteiger partial charge in [-0.2, -0.15) is 0 Å². The van der Waals surface area contributed by atoms with Crippen LogP contribution in [0.5, 0.6) is 11.5 Å². The Labute approximate surface area is 176 Å². The molecule has 0 radical (unpaired) electrons. The molecule has 4 N–H and O–H groups in total. The summed E-state index contributed by atoms with van der Waals surface area (Å²) in [5, 5.41) is 19.3. The first kappa shape index (κ1) is 19.4. The second-order valence-corrected chi connectivity index (χ2v) is 7.51. The number of benzene rings is 2. The number of phenols is 1. The van der Waals surface area contributed by atoms with Crippen LogP contribution in [0.15, 0.2) is 53.7 Å². The smallest absolute Gasteiger partial charge is 0.255 e. The van der Waals surface area contributed by atoms with Crippen LogP contribution in [-0.2, 0) is 4.79 Å². The van der Waals surface area contributed by atoms with Gasteiger partial charge in [0.15, 0.2) is 5.11 Å². The van der Waals surface area contributed by atoms with Crippen molar-refractivity contribution in [1.29, 1.82) is 0 Å². The largest absolute Gasteiger partial charge is 0.507 e. The van der Waals surface area contributed by atoms with Crippen molar-refractivity contribution in [1.82, 2.24) is 10.6 Å². The number of carbonyl (C=O) groups excluding carboxylic acids is 1. The lowest BCUT2D eigenvalue weighted by atomic mass is 9.95. The molecular weight excluding hydrogens is 477 g/mol. The van der Waals surface area contributed by atoms with E-state index in [1.54, 1.807) is 31.4 Å². The van der Waals surface area contributed by atoms with Gasteiger partial charge in [0.1, 0.15) is 11.5 Å². The fourth-order valence-corrected chi connectivity index (χ4v) is 3.70. The average Bonchev–Trinajstić information content (AvgIpc) is 2.63. The Hall–Kier alpha value is -2.33. The number of rotatable bonds is 4. The maximum absolute atomic E-state index is 13.1. The molecule has 8 heteroatoms. The van der Waals surface area contributed by atoms with Crippen molar-refractivity contribution < 1.29 is 14.6 Å². The molecular formula is C19H18IN3O3S. The van der Waals surface area contributed by atoms with Gasteiger partial charge in [-0.3, -0.25) is 4.79 Å². The van der Waals surface area contributed by atoms with Crippen molar-refractivity contribution >= 4 is 51.5 Å². The van der Waals surface area contributed by atoms with Gasteiger partial charge in [0, 0.05) is 5.70 Å². The maximum Gasteiger partial charge on any atom is 0.255 e. The van der Waals surface area contributed by atoms with Crippen molar-refractivity contribution in [2.75, 3.05) is 12.4 Å². The molecule has 3 rings (SSSR count). The number of carbonyl (C=O) groups is 1. The Morgan fingerprint density at radius 1 is 1.30 bits per heavy atom. The molecule has 0 fully saturated rings. The van der Waals surface area contributed by atoms with Gasteiger partial charge in [0.05, 0.1) is 28.0 Å². The number of hydrogen-bond acceptors (Lipinski definition) is 4. The number of nitrogens with one attached hydrogen (secondary N) is 3. The third-order valence-corrected chi connectivity index (χ3v) is 5.26. The van der Waals surface area contributed by atoms with E-state index in [9.17, 15) is 9.90 Å². The van der Waals surface area contributed by atoms with Crippen LogP contribution in [-0.4, -0.2) is 23.2 Å². The van der Waals surface area contributed by atoms with Crippen molar-refractivity contribution in [3.05, 3.63) is 62.9 Å². The van der Waals surface area contributed by atoms with E-state index in [2.05, 4.69) is 16.0 Å². The van der Waals surface area contributed by atoms with E-state index in [4.69, 9.17) is 17.0 Å². The summed E-state index contributed by atoms with van der Waals surface area (Å²) in [6, 6.07) is 12.0. The highest BCUT2D eigenvalue weighted by Crippen LogP contribution is 2.32. The van der Waals surface area contributed by atoms with Crippen LogP contribution < -0.4 is 20.7 Å². The molecule has 0 saturated carbocycles. The Morgan fingerprint density at radius 3 is 2.74 bits per heavy atom. The minimum absolute atomic E-state index is 0.191. The van der Waals surface area contributed by atoms with Crippen LogP contribution in [0.3, 0.4) is 0 Å². The first-order valence-electron chi connectivity index (χ1n) is 8.11. The molecule has 0 aromatic heterocycles. The lowest BCUT2D eigenvalue weighted by molar-refractivity contribution is -0.113. The summed E-state index contributed by atoms with van der Waals surface area (Å²) in [4.78, 5) is 13.1. The highest BCUT2D eigenvalue weighted by Gasteiger charge is 2.30. The molecule has 0 bridgehead atoms. The molecule has 1 atom stereocenters. The summed E-state index contributed by atoms with van der Waals surface area (Å²) in [6.07, 6.45) is 0. The zero-order valence-electron chi connectivity index (χ0n) is 14.7. The second kappa shape index (κ2) is 8.13. The molecule has 1 amide bonds. The standard InChI is InChI=1S/C19H18IN3O3S/c1-10-16(18(25)22-13-5-3-4-6-15(13)26-2)17(23-19(27)21-10)11-7-8-14(24)12(20)9-11/h3-9,17,24H,1-2H3,(H,22,25)(H2,21,23,27)/t17-/m0/s1. The SMILES string of the molecule is COc1ccccc1NC(=O)C1=C(C)NC(=S)N[C@H]1c1ccc(O)c(I)c1. The third-order valence-electron chi connectivity index (χ3n) is 4.17. The van der Waals surface area contributed by atoms with Gasteiger partial charge in [-0.1, -0.05) is 18.2 Å². The van der Waals surface area contributed by atoms with Gasteiger partial charge in [0.25, 0.3) is 5.91 Å². The molecule has 0 saturated heterocycles. The fraction of sp³-hybridized carbons (Fsp3) is 0.158. The Morgan fingerprint density at radius 2 is 2.04 bits per heavy atom. The van der Waals surface area contributed by atoms with Crippen LogP contribution in [0.1, 0.15) is 18.5 Å². The molecule has 140 valence electrons. The first-order chi connectivity index (χ1) is 12.9. The number of methoxy groups -OCH3 is 1. The summed E-state index contributed by atoms with van der Waals surface area (Å²) in [5.41, 5.74) is 2.58. The molecule has 0 spiro atoms. The quantitative estimate of drug-likeness (QED) is 0.385. The highest BCUT2D eigenvalue weighted by molar-refractivity contribution is 14.1. The number of aromatic hydroxyl groups is 1. The predicted octanol–water partition coefficient (Wildman–Crippen LogP) is 3.44. The number of ether oxygens (including phenoxy) is 1. The molecule has 1 aliphatic heterocycles. The van der Waals surface area contributed by atoms with Gasteiger partial charge in [-0.15, -0.1) is 0 Å². The van der Waals surface area contributed by atoms with Gasteiger partial charge < -0.3 is 25.8 Å². The van der Waals surface area contributed by atoms with Crippen LogP contribution in [0.2, 0.25) is 0 Å². The second-order valence-electron chi connectivity index (χ2n) is 5.94. The summed E-state index contributed by atoms with van der Waals surface area (Å²) in [7, 11) is 1.55. The molecule has 6 nitrogen and oxygen atoms in total. The van der Waals surface area contributed by atoms with Gasteiger partial charge in [0.2, 0.25) is 0 Å². The summed E-state index contributed by atoms with van der Waals surface area (Å²) >= 11 is 7.32. The average molecular weight is 495 g/mol. The minimum atomic E-state index is -0.442. The zero-order chi connectivity index (χ0) is 19.6. The number of amides is 1. The predicted molar refractivity (Wildman–Crippen MR) is 117 cm³/mol. The lowest BCUT2D eigenvalue weighted by Crippen LogP contribution is -2.45. The van der Waals surface area contributed by atoms with Crippen molar-refractivity contribution in [3.8, 4) is 11.5 Å². The number of para-hydroxylation sites is 2. The number of hydrogen-bond donors (Lipinski definition) is 4. The third kappa shape index (κ3) is 4.16. The summed E-state index contributed by atoms with van der Waals surface area (Å²) < 4.78 is 6.00. The Bertz CT molecular complexity index is 946. The van der Waals surface area contributed by atoms with E-state index in [0.717, 1.165) is 5.56 Å². The number of allylic oxidation sites excluding steroid dienone is 1. The zero-order valence-corrected chi connectivity index (χ0v) is 17.6.